The molecule has 0 bridgehead atoms. The third-order valence-electron chi connectivity index (χ3n) is 2.50. The van der Waals surface area contributed by atoms with Crippen LogP contribution in [0.4, 0.5) is 0 Å². The van der Waals surface area contributed by atoms with Crippen LogP contribution in [0.5, 0.6) is 0 Å². The lowest BCUT2D eigenvalue weighted by Crippen LogP contribution is -2.32. The second-order valence-electron chi connectivity index (χ2n) is 4.45. The third-order valence-corrected chi connectivity index (χ3v) is 2.50. The van der Waals surface area contributed by atoms with Gasteiger partial charge in [0.25, 0.3) is 5.91 Å². The van der Waals surface area contributed by atoms with Gasteiger partial charge in [-0.3, -0.25) is 9.59 Å². The summed E-state index contributed by atoms with van der Waals surface area (Å²) >= 11 is 0. The number of amides is 2. The lowest BCUT2D eigenvalue weighted by Gasteiger charge is -2.09. The van der Waals surface area contributed by atoms with Crippen molar-refractivity contribution in [3.8, 4) is 0 Å². The number of aliphatic carboxylic acids is 1. The summed E-state index contributed by atoms with van der Waals surface area (Å²) in [6.07, 6.45) is 0.0845. The van der Waals surface area contributed by atoms with E-state index in [0.717, 1.165) is 0 Å². The van der Waals surface area contributed by atoms with Gasteiger partial charge < -0.3 is 30.0 Å². The van der Waals surface area contributed by atoms with E-state index in [2.05, 4.69) is 10.6 Å². The largest absolute Gasteiger partial charge is 0.478 e. The molecule has 0 fully saturated rings. The summed E-state index contributed by atoms with van der Waals surface area (Å²) in [5.41, 5.74) is -0.373. The quantitative estimate of drug-likeness (QED) is 0.219. The SMILES string of the molecule is COCCNC(=O)COC(=O)C(=CC(=O)O)CC(=O)NCCOC. The minimum Gasteiger partial charge on any atom is -0.478 e. The van der Waals surface area contributed by atoms with Gasteiger partial charge in [-0.05, 0) is 0 Å². The van der Waals surface area contributed by atoms with Gasteiger partial charge in [-0.2, -0.15) is 0 Å². The summed E-state index contributed by atoms with van der Waals surface area (Å²) in [5, 5.41) is 13.6. The Kier molecular flexibility index (Phi) is 11.7. The van der Waals surface area contributed by atoms with Gasteiger partial charge in [0.2, 0.25) is 5.91 Å². The molecule has 2 amide bonds. The highest BCUT2D eigenvalue weighted by Crippen LogP contribution is 2.05. The molecular formula is C14H22N2O8. The van der Waals surface area contributed by atoms with Gasteiger partial charge in [0, 0.05) is 33.4 Å². The standard InChI is InChI=1S/C14H22N2O8/c1-22-5-3-15-11(17)7-10(8-13(19)20)14(21)24-9-12(18)16-4-6-23-2/h8H,3-7,9H2,1-2H3,(H,15,17)(H,16,18)(H,19,20). The van der Waals surface area contributed by atoms with Gasteiger partial charge in [-0.1, -0.05) is 0 Å². The highest BCUT2D eigenvalue weighted by atomic mass is 16.5. The van der Waals surface area contributed by atoms with Crippen molar-refractivity contribution in [3.05, 3.63) is 11.6 Å². The number of ether oxygens (including phenoxy) is 3. The zero-order valence-corrected chi connectivity index (χ0v) is 13.6. The molecule has 0 aromatic heterocycles. The van der Waals surface area contributed by atoms with E-state index in [-0.39, 0.29) is 25.3 Å². The number of carboxylic acids is 1. The molecule has 0 unspecified atom stereocenters. The van der Waals surface area contributed by atoms with E-state index < -0.39 is 36.8 Å². The highest BCUT2D eigenvalue weighted by Gasteiger charge is 2.18. The lowest BCUT2D eigenvalue weighted by molar-refractivity contribution is -0.145. The van der Waals surface area contributed by atoms with Crippen LogP contribution in [-0.4, -0.2) is 76.0 Å². The molecule has 10 nitrogen and oxygen atoms in total. The van der Waals surface area contributed by atoms with Gasteiger partial charge in [0.15, 0.2) is 6.61 Å². The van der Waals surface area contributed by atoms with Crippen LogP contribution in [0.3, 0.4) is 0 Å². The summed E-state index contributed by atoms with van der Waals surface area (Å²) in [6.45, 7) is 0.436. The van der Waals surface area contributed by atoms with E-state index >= 15 is 0 Å². The van der Waals surface area contributed by atoms with E-state index in [1.54, 1.807) is 0 Å². The van der Waals surface area contributed by atoms with E-state index in [1.807, 2.05) is 0 Å². The van der Waals surface area contributed by atoms with Crippen molar-refractivity contribution in [3.63, 3.8) is 0 Å². The van der Waals surface area contributed by atoms with Gasteiger partial charge in [-0.25, -0.2) is 9.59 Å². The topological polar surface area (TPSA) is 140 Å². The van der Waals surface area contributed by atoms with Crippen LogP contribution in [0.1, 0.15) is 6.42 Å². The summed E-state index contributed by atoms with van der Waals surface area (Å²) in [6, 6.07) is 0. The van der Waals surface area contributed by atoms with E-state index in [9.17, 15) is 19.2 Å². The molecule has 0 rings (SSSR count). The van der Waals surface area contributed by atoms with Crippen molar-refractivity contribution in [1.82, 2.24) is 10.6 Å². The normalized spacial score (nSPS) is 10.8. The zero-order valence-electron chi connectivity index (χ0n) is 13.6. The average molecular weight is 346 g/mol. The molecule has 0 aliphatic rings. The first-order valence-corrected chi connectivity index (χ1v) is 7.02. The smallest absolute Gasteiger partial charge is 0.335 e. The number of hydrogen-bond acceptors (Lipinski definition) is 7. The number of nitrogens with one attached hydrogen (secondary N) is 2. The summed E-state index contributed by atoms with van der Waals surface area (Å²) in [5.74, 6) is -3.60. The number of carboxylic acid groups (broad SMARTS) is 1. The Bertz CT molecular complexity index is 475. The monoisotopic (exact) mass is 346 g/mol. The maximum atomic E-state index is 11.8. The summed E-state index contributed by atoms with van der Waals surface area (Å²) < 4.78 is 14.2. The fourth-order valence-electron chi connectivity index (χ4n) is 1.43. The first kappa shape index (κ1) is 21.5. The molecule has 0 saturated carbocycles. The molecule has 10 heteroatoms. The Labute approximate surface area is 139 Å². The van der Waals surface area contributed by atoms with Crippen LogP contribution >= 0.6 is 0 Å². The van der Waals surface area contributed by atoms with Gasteiger partial charge in [-0.15, -0.1) is 0 Å². The molecule has 0 atom stereocenters. The van der Waals surface area contributed by atoms with Gasteiger partial charge in [0.1, 0.15) is 0 Å². The van der Waals surface area contributed by atoms with Crippen molar-refractivity contribution in [2.45, 2.75) is 6.42 Å². The van der Waals surface area contributed by atoms with Gasteiger partial charge in [0.05, 0.1) is 25.2 Å². The molecule has 3 N–H and O–H groups in total. The molecule has 24 heavy (non-hydrogen) atoms. The molecule has 0 radical (unpaired) electrons. The highest BCUT2D eigenvalue weighted by molar-refractivity contribution is 6.00. The Morgan fingerprint density at radius 2 is 1.50 bits per heavy atom. The number of hydrogen-bond donors (Lipinski definition) is 3. The first-order valence-electron chi connectivity index (χ1n) is 7.02. The van der Waals surface area contributed by atoms with Crippen molar-refractivity contribution in [2.75, 3.05) is 47.1 Å². The van der Waals surface area contributed by atoms with Crippen molar-refractivity contribution >= 4 is 23.8 Å². The van der Waals surface area contributed by atoms with Crippen LogP contribution in [0.15, 0.2) is 11.6 Å². The second-order valence-corrected chi connectivity index (χ2v) is 4.45. The number of rotatable bonds is 12. The van der Waals surface area contributed by atoms with Crippen LogP contribution < -0.4 is 10.6 Å². The number of carbonyl (C=O) groups is 4. The van der Waals surface area contributed by atoms with E-state index in [4.69, 9.17) is 19.3 Å². The van der Waals surface area contributed by atoms with Crippen LogP contribution in [0, 0.1) is 0 Å². The molecule has 0 aliphatic heterocycles. The summed E-state index contributed by atoms with van der Waals surface area (Å²) in [4.78, 5) is 45.6. The minimum absolute atomic E-state index is 0.215. The maximum Gasteiger partial charge on any atom is 0.335 e. The molecule has 0 aliphatic carbocycles. The Balaban J connectivity index is 4.49. The lowest BCUT2D eigenvalue weighted by atomic mass is 10.1. The predicted octanol–water partition coefficient (Wildman–Crippen LogP) is -1.54. The first-order chi connectivity index (χ1) is 11.4. The molecule has 0 heterocycles. The van der Waals surface area contributed by atoms with Crippen molar-refractivity contribution in [2.24, 2.45) is 0 Å². The minimum atomic E-state index is -1.41. The zero-order chi connectivity index (χ0) is 18.4. The Morgan fingerprint density at radius 3 is 2.00 bits per heavy atom. The fraction of sp³-hybridized carbons (Fsp3) is 0.571. The van der Waals surface area contributed by atoms with E-state index in [1.165, 1.54) is 14.2 Å². The van der Waals surface area contributed by atoms with Crippen LogP contribution in [0.2, 0.25) is 0 Å². The average Bonchev–Trinajstić information content (AvgIpc) is 2.52. The van der Waals surface area contributed by atoms with Crippen LogP contribution in [-0.2, 0) is 33.4 Å². The molecular weight excluding hydrogens is 324 g/mol. The number of esters is 1. The van der Waals surface area contributed by atoms with Crippen LogP contribution in [0.25, 0.3) is 0 Å². The molecule has 0 aromatic rings. The molecule has 136 valence electrons. The third kappa shape index (κ3) is 11.2. The van der Waals surface area contributed by atoms with Gasteiger partial charge >= 0.3 is 11.9 Å². The molecule has 0 spiro atoms. The number of carbonyl (C=O) groups excluding carboxylic acids is 3. The van der Waals surface area contributed by atoms with Crippen molar-refractivity contribution in [1.29, 1.82) is 0 Å². The van der Waals surface area contributed by atoms with E-state index in [0.29, 0.717) is 12.7 Å². The fourth-order valence-corrected chi connectivity index (χ4v) is 1.43. The number of methoxy groups -OCH3 is 2. The Hall–Kier alpha value is -2.46. The maximum absolute atomic E-state index is 11.8. The van der Waals surface area contributed by atoms with Crippen molar-refractivity contribution < 1.29 is 38.5 Å². The second kappa shape index (κ2) is 13.0. The Morgan fingerprint density at radius 1 is 0.958 bits per heavy atom. The predicted molar refractivity (Wildman–Crippen MR) is 81.1 cm³/mol. The molecule has 0 saturated heterocycles. The summed E-state index contributed by atoms with van der Waals surface area (Å²) in [7, 11) is 2.92. The molecule has 0 aromatic carbocycles.